The smallest absolute Gasteiger partial charge is 0.265 e. The Morgan fingerprint density at radius 1 is 1.56 bits per heavy atom. The molecule has 3 N–H and O–H groups in total. The van der Waals surface area contributed by atoms with E-state index in [1.54, 1.807) is 13.2 Å². The van der Waals surface area contributed by atoms with E-state index >= 15 is 0 Å². The Balaban J connectivity index is 0.00000225. The van der Waals surface area contributed by atoms with Crippen LogP contribution in [-0.2, 0) is 11.8 Å². The zero-order chi connectivity index (χ0) is 11.6. The number of nitrogens with one attached hydrogen (secondary N) is 1. The Hall–Kier alpha value is -1.27. The van der Waals surface area contributed by atoms with Gasteiger partial charge in [0.25, 0.3) is 11.8 Å². The van der Waals surface area contributed by atoms with Crippen LogP contribution in [0.4, 0.5) is 5.69 Å². The fourth-order valence-electron chi connectivity index (χ4n) is 1.08. The molecule has 1 aromatic rings. The van der Waals surface area contributed by atoms with E-state index in [9.17, 15) is 9.59 Å². The average Bonchev–Trinajstić information content (AvgIpc) is 2.46. The average molecular weight is 309 g/mol. The van der Waals surface area contributed by atoms with Crippen LogP contribution in [-0.4, -0.2) is 16.4 Å². The molecule has 7 heteroatoms. The molecule has 2 amide bonds. The summed E-state index contributed by atoms with van der Waals surface area (Å²) in [6.07, 6.45) is 1.59. The fourth-order valence-corrected chi connectivity index (χ4v) is 1.18. The lowest BCUT2D eigenvalue weighted by molar-refractivity contribution is -0.112. The summed E-state index contributed by atoms with van der Waals surface area (Å²) in [5, 5.41) is 2.54. The minimum absolute atomic E-state index is 0. The molecule has 0 bridgehead atoms. The zero-order valence-corrected chi connectivity index (χ0v) is 10.9. The largest absolute Gasteiger partial charge is 0.364 e. The molecular weight excluding hydrogens is 297 g/mol. The number of nitrogens with two attached hydrogens (primary N) is 1. The first-order chi connectivity index (χ1) is 6.91. The Bertz CT molecular complexity index is 442. The molecule has 0 aliphatic heterocycles. The predicted octanol–water partition coefficient (Wildman–Crippen LogP) is 1.39. The van der Waals surface area contributed by atoms with Gasteiger partial charge in [0.05, 0.1) is 10.2 Å². The third-order valence-electron chi connectivity index (χ3n) is 1.76. The summed E-state index contributed by atoms with van der Waals surface area (Å²) in [5.41, 5.74) is 5.94. The second-order valence-corrected chi connectivity index (χ2v) is 3.91. The third kappa shape index (κ3) is 3.39. The monoisotopic (exact) mass is 307 g/mol. The number of hydrogen-bond acceptors (Lipinski definition) is 2. The van der Waals surface area contributed by atoms with E-state index < -0.39 is 5.91 Å². The molecule has 0 radical (unpaired) electrons. The molecular formula is C9H11BrClN3O2. The summed E-state index contributed by atoms with van der Waals surface area (Å²) in [6.45, 7) is 3.42. The molecule has 1 aromatic heterocycles. The zero-order valence-electron chi connectivity index (χ0n) is 8.49. The maximum absolute atomic E-state index is 11.2. The Morgan fingerprint density at radius 2 is 2.12 bits per heavy atom. The van der Waals surface area contributed by atoms with E-state index in [1.807, 2.05) is 0 Å². The molecule has 1 rings (SSSR count). The van der Waals surface area contributed by atoms with Crippen molar-refractivity contribution in [2.45, 2.75) is 0 Å². The lowest BCUT2D eigenvalue weighted by atomic mass is 10.4. The highest BCUT2D eigenvalue weighted by molar-refractivity contribution is 9.12. The standard InChI is InChI=1S/C9H10BrN3O2.ClH/c1-5(10)9(15)12-6-3-7(8(11)14)13(2)4-6;/h3-4H,1H2,2H3,(H2,11,14)(H,12,15);1H. The summed E-state index contributed by atoms with van der Waals surface area (Å²) >= 11 is 2.95. The molecule has 88 valence electrons. The van der Waals surface area contributed by atoms with Crippen LogP contribution >= 0.6 is 28.3 Å². The van der Waals surface area contributed by atoms with Crippen molar-refractivity contribution in [3.63, 3.8) is 0 Å². The van der Waals surface area contributed by atoms with E-state index in [4.69, 9.17) is 5.73 Å². The second kappa shape index (κ2) is 5.72. The van der Waals surface area contributed by atoms with Crippen molar-refractivity contribution in [3.8, 4) is 0 Å². The summed E-state index contributed by atoms with van der Waals surface area (Å²) in [6, 6.07) is 1.50. The first kappa shape index (κ1) is 14.7. The van der Waals surface area contributed by atoms with Crippen molar-refractivity contribution in [2.75, 3.05) is 5.32 Å². The van der Waals surface area contributed by atoms with Gasteiger partial charge in [0.15, 0.2) is 0 Å². The lowest BCUT2D eigenvalue weighted by Gasteiger charge is -1.98. The number of amides is 2. The molecule has 0 saturated heterocycles. The van der Waals surface area contributed by atoms with Crippen molar-refractivity contribution in [1.82, 2.24) is 4.57 Å². The minimum Gasteiger partial charge on any atom is -0.364 e. The normalized spacial score (nSPS) is 9.12. The van der Waals surface area contributed by atoms with Crippen LogP contribution in [0.25, 0.3) is 0 Å². The van der Waals surface area contributed by atoms with Gasteiger partial charge < -0.3 is 15.6 Å². The highest BCUT2D eigenvalue weighted by atomic mass is 79.9. The molecule has 0 saturated carbocycles. The van der Waals surface area contributed by atoms with Crippen molar-refractivity contribution < 1.29 is 9.59 Å². The summed E-state index contributed by atoms with van der Waals surface area (Å²) in [4.78, 5) is 22.1. The van der Waals surface area contributed by atoms with Gasteiger partial charge in [-0.15, -0.1) is 12.4 Å². The predicted molar refractivity (Wildman–Crippen MR) is 67.9 cm³/mol. The van der Waals surface area contributed by atoms with Crippen molar-refractivity contribution >= 4 is 45.8 Å². The molecule has 1 heterocycles. The minimum atomic E-state index is -0.546. The van der Waals surface area contributed by atoms with E-state index in [0.717, 1.165) is 0 Å². The first-order valence-corrected chi connectivity index (χ1v) is 4.83. The van der Waals surface area contributed by atoms with Crippen molar-refractivity contribution in [3.05, 3.63) is 29.0 Å². The Morgan fingerprint density at radius 3 is 2.50 bits per heavy atom. The van der Waals surface area contributed by atoms with Crippen LogP contribution in [0.2, 0.25) is 0 Å². The fraction of sp³-hybridized carbons (Fsp3) is 0.111. The molecule has 0 atom stereocenters. The van der Waals surface area contributed by atoms with Gasteiger partial charge in [-0.05, 0) is 22.0 Å². The van der Waals surface area contributed by atoms with Gasteiger partial charge in [-0.3, -0.25) is 9.59 Å². The number of aryl methyl sites for hydroxylation is 1. The molecule has 0 spiro atoms. The van der Waals surface area contributed by atoms with Crippen LogP contribution < -0.4 is 11.1 Å². The van der Waals surface area contributed by atoms with Crippen LogP contribution in [0.15, 0.2) is 23.3 Å². The number of carbonyl (C=O) groups excluding carboxylic acids is 2. The topological polar surface area (TPSA) is 77.1 Å². The first-order valence-electron chi connectivity index (χ1n) is 4.03. The SMILES string of the molecule is C=C(Br)C(=O)Nc1cc(C(N)=O)n(C)c1.Cl. The highest BCUT2D eigenvalue weighted by Crippen LogP contribution is 2.14. The van der Waals surface area contributed by atoms with E-state index in [2.05, 4.69) is 27.8 Å². The van der Waals surface area contributed by atoms with Gasteiger partial charge in [-0.1, -0.05) is 6.58 Å². The number of aromatic nitrogens is 1. The summed E-state index contributed by atoms with van der Waals surface area (Å²) < 4.78 is 1.75. The Kier molecular flexibility index (Phi) is 5.26. The molecule has 0 aromatic carbocycles. The number of carbonyl (C=O) groups is 2. The molecule has 0 fully saturated rings. The molecule has 0 unspecified atom stereocenters. The van der Waals surface area contributed by atoms with Gasteiger partial charge in [-0.25, -0.2) is 0 Å². The van der Waals surface area contributed by atoms with Gasteiger partial charge >= 0.3 is 0 Å². The van der Waals surface area contributed by atoms with E-state index in [1.165, 1.54) is 10.6 Å². The van der Waals surface area contributed by atoms with Crippen LogP contribution in [0.3, 0.4) is 0 Å². The quantitative estimate of drug-likeness (QED) is 0.828. The number of halogens is 2. The second-order valence-electron chi connectivity index (χ2n) is 2.95. The number of nitrogens with zero attached hydrogens (tertiary/aromatic N) is 1. The van der Waals surface area contributed by atoms with E-state index in [-0.39, 0.29) is 22.8 Å². The van der Waals surface area contributed by atoms with Gasteiger partial charge in [0.2, 0.25) is 0 Å². The molecule has 16 heavy (non-hydrogen) atoms. The number of rotatable bonds is 3. The van der Waals surface area contributed by atoms with Crippen molar-refractivity contribution in [1.29, 1.82) is 0 Å². The molecule has 5 nitrogen and oxygen atoms in total. The van der Waals surface area contributed by atoms with Gasteiger partial charge in [0, 0.05) is 13.2 Å². The van der Waals surface area contributed by atoms with Crippen LogP contribution in [0.1, 0.15) is 10.5 Å². The maximum Gasteiger partial charge on any atom is 0.265 e. The van der Waals surface area contributed by atoms with E-state index in [0.29, 0.717) is 11.4 Å². The lowest BCUT2D eigenvalue weighted by Crippen LogP contribution is -2.14. The number of primary amides is 1. The summed E-state index contributed by atoms with van der Waals surface area (Å²) in [7, 11) is 1.67. The van der Waals surface area contributed by atoms with Gasteiger partial charge in [-0.2, -0.15) is 0 Å². The van der Waals surface area contributed by atoms with Crippen LogP contribution in [0, 0.1) is 0 Å². The molecule has 0 aliphatic carbocycles. The molecule has 0 aliphatic rings. The number of anilines is 1. The van der Waals surface area contributed by atoms with Crippen molar-refractivity contribution in [2.24, 2.45) is 12.8 Å². The van der Waals surface area contributed by atoms with Crippen LogP contribution in [0.5, 0.6) is 0 Å². The Labute approximate surface area is 107 Å². The third-order valence-corrected chi connectivity index (χ3v) is 2.12. The maximum atomic E-state index is 11.2. The number of hydrogen-bond donors (Lipinski definition) is 2. The van der Waals surface area contributed by atoms with Gasteiger partial charge in [0.1, 0.15) is 5.69 Å². The summed E-state index contributed by atoms with van der Waals surface area (Å²) in [5.74, 6) is -0.910. The highest BCUT2D eigenvalue weighted by Gasteiger charge is 2.10.